The number of rotatable bonds is 2. The second kappa shape index (κ2) is 5.88. The normalized spacial score (nSPS) is 15.1. The van der Waals surface area contributed by atoms with E-state index >= 15 is 0 Å². The van der Waals surface area contributed by atoms with Gasteiger partial charge < -0.3 is 4.57 Å². The summed E-state index contributed by atoms with van der Waals surface area (Å²) in [6.45, 7) is 0.833. The maximum absolute atomic E-state index is 13.2. The summed E-state index contributed by atoms with van der Waals surface area (Å²) in [5.41, 5.74) is 1.07. The zero-order valence-electron chi connectivity index (χ0n) is 11.6. The van der Waals surface area contributed by atoms with Crippen LogP contribution in [0, 0.1) is 17.1 Å². The van der Waals surface area contributed by atoms with E-state index < -0.39 is 0 Å². The molecule has 1 aromatic carbocycles. The Hall–Kier alpha value is -2.48. The first-order chi connectivity index (χ1) is 10.3. The SMILES string of the molecule is N#CC(=Cc1cccc(F)c1)c1nnc2n1CCCCC2. The molecule has 0 amide bonds. The van der Waals surface area contributed by atoms with E-state index in [1.54, 1.807) is 18.2 Å². The fraction of sp³-hybridized carbons (Fsp3) is 0.312. The van der Waals surface area contributed by atoms with Crippen LogP contribution in [0.2, 0.25) is 0 Å². The lowest BCUT2D eigenvalue weighted by atomic mass is 10.1. The van der Waals surface area contributed by atoms with Crippen molar-refractivity contribution in [3.05, 3.63) is 47.3 Å². The highest BCUT2D eigenvalue weighted by Gasteiger charge is 2.17. The number of hydrogen-bond donors (Lipinski definition) is 0. The fourth-order valence-electron chi connectivity index (χ4n) is 2.59. The molecule has 1 aliphatic rings. The lowest BCUT2D eigenvalue weighted by molar-refractivity contribution is 0.627. The van der Waals surface area contributed by atoms with Crippen molar-refractivity contribution in [3.63, 3.8) is 0 Å². The number of allylic oxidation sites excluding steroid dienone is 1. The summed E-state index contributed by atoms with van der Waals surface area (Å²) in [7, 11) is 0. The maximum atomic E-state index is 13.2. The molecule has 0 saturated carbocycles. The Morgan fingerprint density at radius 2 is 2.19 bits per heavy atom. The number of hydrogen-bond acceptors (Lipinski definition) is 3. The first-order valence-corrected chi connectivity index (χ1v) is 7.08. The number of aryl methyl sites for hydroxylation is 1. The third kappa shape index (κ3) is 2.84. The molecule has 3 rings (SSSR count). The van der Waals surface area contributed by atoms with Gasteiger partial charge >= 0.3 is 0 Å². The van der Waals surface area contributed by atoms with Gasteiger partial charge in [0.15, 0.2) is 5.82 Å². The third-order valence-corrected chi connectivity index (χ3v) is 3.63. The molecule has 0 unspecified atom stereocenters. The summed E-state index contributed by atoms with van der Waals surface area (Å²) in [6.07, 6.45) is 5.89. The van der Waals surface area contributed by atoms with Crippen molar-refractivity contribution in [1.82, 2.24) is 14.8 Å². The Morgan fingerprint density at radius 1 is 1.29 bits per heavy atom. The van der Waals surface area contributed by atoms with E-state index in [1.807, 2.05) is 4.57 Å². The van der Waals surface area contributed by atoms with Crippen LogP contribution in [-0.2, 0) is 13.0 Å². The first kappa shape index (κ1) is 13.5. The number of aromatic nitrogens is 3. The standard InChI is InChI=1S/C16H15FN4/c17-14-6-4-5-12(10-14)9-13(11-18)16-20-19-15-7-2-1-3-8-21(15)16/h4-6,9-10H,1-3,7-8H2. The first-order valence-electron chi connectivity index (χ1n) is 7.08. The van der Waals surface area contributed by atoms with E-state index in [2.05, 4.69) is 16.3 Å². The Balaban J connectivity index is 2.01. The van der Waals surface area contributed by atoms with E-state index in [4.69, 9.17) is 0 Å². The lowest BCUT2D eigenvalue weighted by Crippen LogP contribution is -2.05. The van der Waals surface area contributed by atoms with Gasteiger partial charge in [0.1, 0.15) is 17.7 Å². The molecule has 0 atom stereocenters. The predicted molar refractivity (Wildman–Crippen MR) is 77.5 cm³/mol. The molecule has 0 N–H and O–H groups in total. The van der Waals surface area contributed by atoms with Crippen LogP contribution in [0.5, 0.6) is 0 Å². The van der Waals surface area contributed by atoms with E-state index in [9.17, 15) is 9.65 Å². The second-order valence-electron chi connectivity index (χ2n) is 5.13. The molecule has 2 aromatic rings. The van der Waals surface area contributed by atoms with Crippen LogP contribution in [0.1, 0.15) is 36.5 Å². The van der Waals surface area contributed by atoms with Crippen molar-refractivity contribution in [3.8, 4) is 6.07 Å². The Labute approximate surface area is 122 Å². The lowest BCUT2D eigenvalue weighted by Gasteiger charge is -2.05. The third-order valence-electron chi connectivity index (χ3n) is 3.63. The number of nitriles is 1. The van der Waals surface area contributed by atoms with Crippen LogP contribution in [0.15, 0.2) is 24.3 Å². The summed E-state index contributed by atoms with van der Waals surface area (Å²) in [5, 5.41) is 17.8. The zero-order chi connectivity index (χ0) is 14.7. The monoisotopic (exact) mass is 282 g/mol. The van der Waals surface area contributed by atoms with Crippen LogP contribution in [0.4, 0.5) is 4.39 Å². The Morgan fingerprint density at radius 3 is 3.00 bits per heavy atom. The summed E-state index contributed by atoms with van der Waals surface area (Å²) in [6, 6.07) is 8.33. The topological polar surface area (TPSA) is 54.5 Å². The van der Waals surface area contributed by atoms with E-state index in [-0.39, 0.29) is 5.82 Å². The number of fused-ring (bicyclic) bond motifs is 1. The van der Waals surface area contributed by atoms with E-state index in [0.29, 0.717) is 17.0 Å². The van der Waals surface area contributed by atoms with E-state index in [0.717, 1.165) is 38.1 Å². The van der Waals surface area contributed by atoms with Crippen molar-refractivity contribution in [2.75, 3.05) is 0 Å². The van der Waals surface area contributed by atoms with Gasteiger partial charge in [0.2, 0.25) is 0 Å². The van der Waals surface area contributed by atoms with Gasteiger partial charge in [0.05, 0.1) is 5.57 Å². The Kier molecular flexibility index (Phi) is 3.78. The van der Waals surface area contributed by atoms with Gasteiger partial charge in [-0.05, 0) is 36.6 Å². The van der Waals surface area contributed by atoms with Crippen molar-refractivity contribution in [2.45, 2.75) is 32.2 Å². The summed E-state index contributed by atoms with van der Waals surface area (Å²) in [4.78, 5) is 0. The average Bonchev–Trinajstić information content (AvgIpc) is 2.73. The van der Waals surface area contributed by atoms with Crippen LogP contribution in [0.25, 0.3) is 11.6 Å². The minimum atomic E-state index is -0.318. The molecule has 5 heteroatoms. The highest BCUT2D eigenvalue weighted by molar-refractivity contribution is 5.87. The molecule has 1 aliphatic heterocycles. The maximum Gasteiger partial charge on any atom is 0.174 e. The van der Waals surface area contributed by atoms with Gasteiger partial charge in [0, 0.05) is 13.0 Å². The van der Waals surface area contributed by atoms with E-state index in [1.165, 1.54) is 12.1 Å². The van der Waals surface area contributed by atoms with Crippen molar-refractivity contribution in [1.29, 1.82) is 5.26 Å². The van der Waals surface area contributed by atoms with Crippen LogP contribution in [-0.4, -0.2) is 14.8 Å². The zero-order valence-corrected chi connectivity index (χ0v) is 11.6. The molecule has 0 spiro atoms. The summed E-state index contributed by atoms with van der Waals surface area (Å²) in [5.74, 6) is 1.20. The number of benzene rings is 1. The van der Waals surface area contributed by atoms with Crippen molar-refractivity contribution in [2.24, 2.45) is 0 Å². The molecule has 0 aliphatic carbocycles. The minimum Gasteiger partial charge on any atom is -0.310 e. The highest BCUT2D eigenvalue weighted by Crippen LogP contribution is 2.21. The average molecular weight is 282 g/mol. The minimum absolute atomic E-state index is 0.318. The summed E-state index contributed by atoms with van der Waals surface area (Å²) < 4.78 is 15.3. The predicted octanol–water partition coefficient (Wildman–Crippen LogP) is 3.21. The molecule has 106 valence electrons. The number of halogens is 1. The molecule has 0 fully saturated rings. The summed E-state index contributed by atoms with van der Waals surface area (Å²) >= 11 is 0. The molecular formula is C16H15FN4. The van der Waals surface area contributed by atoms with Gasteiger partial charge in [0.25, 0.3) is 0 Å². The number of nitrogens with zero attached hydrogens (tertiary/aromatic N) is 4. The largest absolute Gasteiger partial charge is 0.310 e. The molecule has 4 nitrogen and oxygen atoms in total. The van der Waals surface area contributed by atoms with Crippen molar-refractivity contribution >= 4 is 11.6 Å². The fourth-order valence-corrected chi connectivity index (χ4v) is 2.59. The molecule has 0 saturated heterocycles. The highest BCUT2D eigenvalue weighted by atomic mass is 19.1. The molecule has 1 aromatic heterocycles. The van der Waals surface area contributed by atoms with Crippen LogP contribution in [0.3, 0.4) is 0 Å². The van der Waals surface area contributed by atoms with Crippen LogP contribution >= 0.6 is 0 Å². The second-order valence-corrected chi connectivity index (χ2v) is 5.13. The quantitative estimate of drug-likeness (QED) is 0.795. The van der Waals surface area contributed by atoms with Gasteiger partial charge in [-0.1, -0.05) is 18.6 Å². The van der Waals surface area contributed by atoms with Gasteiger partial charge in [-0.3, -0.25) is 0 Å². The van der Waals surface area contributed by atoms with Crippen LogP contribution < -0.4 is 0 Å². The molecule has 0 bridgehead atoms. The van der Waals surface area contributed by atoms with Gasteiger partial charge in [-0.2, -0.15) is 5.26 Å². The molecule has 21 heavy (non-hydrogen) atoms. The molecule has 0 radical (unpaired) electrons. The van der Waals surface area contributed by atoms with Gasteiger partial charge in [-0.15, -0.1) is 10.2 Å². The smallest absolute Gasteiger partial charge is 0.174 e. The molecule has 2 heterocycles. The Bertz CT molecular complexity index is 724. The van der Waals surface area contributed by atoms with Gasteiger partial charge in [-0.25, -0.2) is 4.39 Å². The van der Waals surface area contributed by atoms with Crippen molar-refractivity contribution < 1.29 is 4.39 Å². The molecular weight excluding hydrogens is 267 g/mol.